The molecule has 0 saturated carbocycles. The first-order valence-electron chi connectivity index (χ1n) is 10.6. The highest BCUT2D eigenvalue weighted by molar-refractivity contribution is 5.94. The molecule has 0 aliphatic carbocycles. The number of Topliss-reactive ketones (excluding diaryl/α,β-unsaturated/α-hetero) is 1. The van der Waals surface area contributed by atoms with E-state index in [1.165, 1.54) is 5.56 Å². The van der Waals surface area contributed by atoms with Crippen LogP contribution in [-0.2, 0) is 24.2 Å². The van der Waals surface area contributed by atoms with E-state index in [4.69, 9.17) is 0 Å². The minimum atomic E-state index is -0.850. The molecular weight excluding hydrogens is 392 g/mol. The Bertz CT molecular complexity index is 1060. The third-order valence-corrected chi connectivity index (χ3v) is 5.60. The van der Waals surface area contributed by atoms with Crippen molar-refractivity contribution in [2.24, 2.45) is 0 Å². The van der Waals surface area contributed by atoms with Crippen LogP contribution in [0.5, 0.6) is 0 Å². The largest absolute Gasteiger partial charge is 0.481 e. The number of anilines is 1. The normalized spacial score (nSPS) is 13.8. The van der Waals surface area contributed by atoms with Crippen molar-refractivity contribution in [3.63, 3.8) is 0 Å². The number of ketones is 1. The van der Waals surface area contributed by atoms with Crippen molar-refractivity contribution in [1.29, 1.82) is 0 Å². The summed E-state index contributed by atoms with van der Waals surface area (Å²) in [6.07, 6.45) is 6.38. The van der Waals surface area contributed by atoms with Crippen LogP contribution in [0.1, 0.15) is 52.5 Å². The maximum Gasteiger partial charge on any atom is 0.304 e. The van der Waals surface area contributed by atoms with Crippen LogP contribution >= 0.6 is 0 Å². The van der Waals surface area contributed by atoms with Crippen LogP contribution in [0.2, 0.25) is 0 Å². The van der Waals surface area contributed by atoms with E-state index in [9.17, 15) is 14.7 Å². The summed E-state index contributed by atoms with van der Waals surface area (Å²) < 4.78 is 1.80. The Kier molecular flexibility index (Phi) is 6.40. The first-order valence-corrected chi connectivity index (χ1v) is 10.6. The van der Waals surface area contributed by atoms with Gasteiger partial charge in [-0.25, -0.2) is 9.97 Å². The Morgan fingerprint density at radius 3 is 2.81 bits per heavy atom. The number of hydrogen-bond acceptors (Lipinski definition) is 5. The number of fused-ring (bicyclic) bond motifs is 1. The molecule has 1 aromatic carbocycles. The number of pyridine rings is 1. The third kappa shape index (κ3) is 5.36. The van der Waals surface area contributed by atoms with Gasteiger partial charge in [-0.05, 0) is 36.5 Å². The highest BCUT2D eigenvalue weighted by Gasteiger charge is 2.18. The molecule has 0 bridgehead atoms. The van der Waals surface area contributed by atoms with Gasteiger partial charge >= 0.3 is 5.97 Å². The lowest BCUT2D eigenvalue weighted by Gasteiger charge is -2.17. The molecule has 2 N–H and O–H groups in total. The molecule has 4 rings (SSSR count). The maximum atomic E-state index is 12.6. The van der Waals surface area contributed by atoms with E-state index in [1.807, 2.05) is 36.4 Å². The average molecular weight is 418 g/mol. The second kappa shape index (κ2) is 9.55. The van der Waals surface area contributed by atoms with Gasteiger partial charge in [-0.15, -0.1) is 0 Å². The summed E-state index contributed by atoms with van der Waals surface area (Å²) in [5.41, 5.74) is 3.48. The summed E-state index contributed by atoms with van der Waals surface area (Å²) in [7, 11) is 0. The Morgan fingerprint density at radius 2 is 2.00 bits per heavy atom. The number of carbonyl (C=O) groups excluding carboxylic acids is 1. The minimum absolute atomic E-state index is 0.0174. The lowest BCUT2D eigenvalue weighted by Crippen LogP contribution is -2.14. The van der Waals surface area contributed by atoms with Crippen LogP contribution < -0.4 is 5.32 Å². The number of aromatic nitrogens is 3. The zero-order chi connectivity index (χ0) is 21.6. The summed E-state index contributed by atoms with van der Waals surface area (Å²) in [6, 6.07) is 13.6. The van der Waals surface area contributed by atoms with Crippen LogP contribution in [0.3, 0.4) is 0 Å². The number of nitrogens with zero attached hydrogens (tertiary/aromatic N) is 3. The zero-order valence-corrected chi connectivity index (χ0v) is 17.3. The van der Waals surface area contributed by atoms with Gasteiger partial charge in [0.15, 0.2) is 5.78 Å². The average Bonchev–Trinajstić information content (AvgIpc) is 3.26. The molecule has 0 amide bonds. The van der Waals surface area contributed by atoms with E-state index in [-0.39, 0.29) is 18.1 Å². The van der Waals surface area contributed by atoms with Crippen molar-refractivity contribution in [3.05, 3.63) is 77.5 Å². The second-order valence-electron chi connectivity index (χ2n) is 7.92. The summed E-state index contributed by atoms with van der Waals surface area (Å²) in [5, 5.41) is 12.6. The highest BCUT2D eigenvalue weighted by atomic mass is 16.4. The van der Waals surface area contributed by atoms with E-state index in [1.54, 1.807) is 17.1 Å². The SMILES string of the molecule is O=C(O)CC(Cn1cnc(C(=O)CCc2ccc3c(n2)NCCC3)c1)c1ccccc1. The molecule has 7 heteroatoms. The third-order valence-electron chi connectivity index (χ3n) is 5.60. The molecule has 1 unspecified atom stereocenters. The standard InChI is InChI=1S/C24H26N4O3/c29-22(11-10-20-9-8-18-7-4-12-25-24(18)27-20)21-15-28(16-26-21)14-19(13-23(30)31)17-5-2-1-3-6-17/h1-3,5-6,8-9,15-16,19H,4,7,10-14H2,(H,25,27)(H,30,31). The van der Waals surface area contributed by atoms with Crippen molar-refractivity contribution in [3.8, 4) is 0 Å². The number of rotatable bonds is 9. The van der Waals surface area contributed by atoms with Gasteiger partial charge in [-0.1, -0.05) is 36.4 Å². The molecule has 0 spiro atoms. The van der Waals surface area contributed by atoms with E-state index in [2.05, 4.69) is 21.4 Å². The number of benzene rings is 1. The number of carbonyl (C=O) groups is 2. The molecule has 0 fully saturated rings. The van der Waals surface area contributed by atoms with Gasteiger partial charge in [-0.3, -0.25) is 9.59 Å². The molecule has 1 aliphatic rings. The smallest absolute Gasteiger partial charge is 0.304 e. The van der Waals surface area contributed by atoms with E-state index in [0.29, 0.717) is 25.1 Å². The van der Waals surface area contributed by atoms with Crippen LogP contribution in [0.15, 0.2) is 55.0 Å². The second-order valence-corrected chi connectivity index (χ2v) is 7.92. The fourth-order valence-electron chi connectivity index (χ4n) is 3.96. The van der Waals surface area contributed by atoms with Crippen molar-refractivity contribution in [1.82, 2.24) is 14.5 Å². The lowest BCUT2D eigenvalue weighted by molar-refractivity contribution is -0.137. The van der Waals surface area contributed by atoms with E-state index >= 15 is 0 Å². The van der Waals surface area contributed by atoms with Crippen LogP contribution in [0.4, 0.5) is 5.82 Å². The van der Waals surface area contributed by atoms with Crippen LogP contribution in [0.25, 0.3) is 0 Å². The van der Waals surface area contributed by atoms with Gasteiger partial charge in [-0.2, -0.15) is 0 Å². The van der Waals surface area contributed by atoms with Gasteiger partial charge in [0.2, 0.25) is 0 Å². The summed E-state index contributed by atoms with van der Waals surface area (Å²) in [5.74, 6) is -0.146. The molecule has 2 aromatic heterocycles. The minimum Gasteiger partial charge on any atom is -0.481 e. The lowest BCUT2D eigenvalue weighted by atomic mass is 9.95. The van der Waals surface area contributed by atoms with Gasteiger partial charge < -0.3 is 15.0 Å². The van der Waals surface area contributed by atoms with Crippen molar-refractivity contribution in [2.75, 3.05) is 11.9 Å². The molecule has 3 aromatic rings. The van der Waals surface area contributed by atoms with Gasteiger partial charge in [0.25, 0.3) is 0 Å². The maximum absolute atomic E-state index is 12.6. The Balaban J connectivity index is 1.38. The number of carboxylic acid groups (broad SMARTS) is 1. The zero-order valence-electron chi connectivity index (χ0n) is 17.3. The number of carboxylic acids is 1. The van der Waals surface area contributed by atoms with Crippen molar-refractivity contribution >= 4 is 17.6 Å². The van der Waals surface area contributed by atoms with Gasteiger partial charge in [0.05, 0.1) is 12.7 Å². The van der Waals surface area contributed by atoms with Crippen LogP contribution in [0, 0.1) is 0 Å². The Morgan fingerprint density at radius 1 is 1.16 bits per heavy atom. The summed E-state index contributed by atoms with van der Waals surface area (Å²) in [4.78, 5) is 32.8. The predicted octanol–water partition coefficient (Wildman–Crippen LogP) is 3.71. The number of nitrogens with one attached hydrogen (secondary N) is 1. The summed E-state index contributed by atoms with van der Waals surface area (Å²) in [6.45, 7) is 1.39. The van der Waals surface area contributed by atoms with Crippen LogP contribution in [-0.4, -0.2) is 37.9 Å². The first-order chi connectivity index (χ1) is 15.1. The number of aliphatic carboxylic acids is 1. The molecule has 0 radical (unpaired) electrons. The molecule has 0 saturated heterocycles. The number of imidazole rings is 1. The molecule has 160 valence electrons. The highest BCUT2D eigenvalue weighted by Crippen LogP contribution is 2.23. The molecule has 3 heterocycles. The van der Waals surface area contributed by atoms with Gasteiger partial charge in [0, 0.05) is 37.3 Å². The van der Waals surface area contributed by atoms with E-state index in [0.717, 1.165) is 36.5 Å². The quantitative estimate of drug-likeness (QED) is 0.514. The topological polar surface area (TPSA) is 97.1 Å². The summed E-state index contributed by atoms with van der Waals surface area (Å²) >= 11 is 0. The van der Waals surface area contributed by atoms with E-state index < -0.39 is 5.97 Å². The molecular formula is C24H26N4O3. The number of aryl methyl sites for hydroxylation is 2. The monoisotopic (exact) mass is 418 g/mol. The molecule has 31 heavy (non-hydrogen) atoms. The van der Waals surface area contributed by atoms with Crippen molar-refractivity contribution in [2.45, 2.75) is 44.6 Å². The predicted molar refractivity (Wildman–Crippen MR) is 117 cm³/mol. The first kappa shape index (κ1) is 20.8. The van der Waals surface area contributed by atoms with Gasteiger partial charge in [0.1, 0.15) is 11.5 Å². The molecule has 1 aliphatic heterocycles. The fourth-order valence-corrected chi connectivity index (χ4v) is 3.96. The fraction of sp³-hybridized carbons (Fsp3) is 0.333. The molecule has 1 atom stereocenters. The van der Waals surface area contributed by atoms with Crippen molar-refractivity contribution < 1.29 is 14.7 Å². The Labute approximate surface area is 181 Å². The molecule has 7 nitrogen and oxygen atoms in total. The number of hydrogen-bond donors (Lipinski definition) is 2. The Hall–Kier alpha value is -3.48.